The molecule has 0 saturated carbocycles. The fraction of sp³-hybridized carbons (Fsp3) is 0.471. The third-order valence-electron chi connectivity index (χ3n) is 4.54. The van der Waals surface area contributed by atoms with Crippen LogP contribution in [0.15, 0.2) is 24.3 Å². The summed E-state index contributed by atoms with van der Waals surface area (Å²) >= 11 is 5.83. The van der Waals surface area contributed by atoms with Gasteiger partial charge in [0, 0.05) is 37.6 Å². The molecule has 2 aliphatic heterocycles. The fourth-order valence-electron chi connectivity index (χ4n) is 3.08. The zero-order chi connectivity index (χ0) is 17.9. The molecule has 2 aliphatic rings. The number of ether oxygens (including phenoxy) is 1. The molecule has 1 aromatic rings. The van der Waals surface area contributed by atoms with Gasteiger partial charge in [-0.15, -0.1) is 0 Å². The van der Waals surface area contributed by atoms with Crippen LogP contribution in [0.5, 0.6) is 0 Å². The number of rotatable bonds is 5. The monoisotopic (exact) mass is 365 g/mol. The molecule has 134 valence electrons. The Labute approximate surface area is 150 Å². The average molecular weight is 366 g/mol. The molecule has 0 aromatic heterocycles. The second-order valence-corrected chi connectivity index (χ2v) is 6.68. The van der Waals surface area contributed by atoms with Gasteiger partial charge in [-0.3, -0.25) is 14.5 Å². The summed E-state index contributed by atoms with van der Waals surface area (Å²) in [6, 6.07) is 6.85. The van der Waals surface area contributed by atoms with Crippen LogP contribution in [0.3, 0.4) is 0 Å². The second kappa shape index (κ2) is 7.41. The minimum absolute atomic E-state index is 0.270. The number of carbonyl (C=O) groups is 3. The number of benzene rings is 1. The van der Waals surface area contributed by atoms with E-state index in [9.17, 15) is 14.4 Å². The Bertz CT molecular complexity index is 671. The van der Waals surface area contributed by atoms with Crippen LogP contribution >= 0.6 is 11.6 Å². The highest BCUT2D eigenvalue weighted by atomic mass is 35.5. The molecule has 0 radical (unpaired) electrons. The van der Waals surface area contributed by atoms with Crippen molar-refractivity contribution in [1.82, 2.24) is 15.5 Å². The Hall–Kier alpha value is -2.12. The van der Waals surface area contributed by atoms with Gasteiger partial charge in [0.1, 0.15) is 12.1 Å². The SMILES string of the molecule is O=C(CN1C(=O)NC2(CCOCC2)C1=O)NCCc1ccc(Cl)cc1. The number of nitrogens with zero attached hydrogens (tertiary/aromatic N) is 1. The quantitative estimate of drug-likeness (QED) is 0.765. The highest BCUT2D eigenvalue weighted by Crippen LogP contribution is 2.28. The van der Waals surface area contributed by atoms with Crippen molar-refractivity contribution in [2.45, 2.75) is 24.8 Å². The zero-order valence-corrected chi connectivity index (χ0v) is 14.5. The predicted octanol–water partition coefficient (Wildman–Crippen LogP) is 1.10. The molecule has 0 unspecified atom stereocenters. The summed E-state index contributed by atoms with van der Waals surface area (Å²) in [6.45, 7) is 0.997. The lowest BCUT2D eigenvalue weighted by Crippen LogP contribution is -2.51. The fourth-order valence-corrected chi connectivity index (χ4v) is 3.20. The summed E-state index contributed by atoms with van der Waals surface area (Å²) < 4.78 is 5.25. The lowest BCUT2D eigenvalue weighted by Gasteiger charge is -2.30. The number of halogens is 1. The molecular weight excluding hydrogens is 346 g/mol. The summed E-state index contributed by atoms with van der Waals surface area (Å²) in [7, 11) is 0. The Morgan fingerprint density at radius 2 is 1.92 bits per heavy atom. The van der Waals surface area contributed by atoms with Gasteiger partial charge in [-0.25, -0.2) is 4.79 Å². The normalized spacial score (nSPS) is 19.2. The summed E-state index contributed by atoms with van der Waals surface area (Å²) in [5, 5.41) is 6.12. The summed E-state index contributed by atoms with van der Waals surface area (Å²) in [6.07, 6.45) is 1.52. The van der Waals surface area contributed by atoms with Crippen molar-refractivity contribution in [3.8, 4) is 0 Å². The van der Waals surface area contributed by atoms with E-state index >= 15 is 0 Å². The number of imide groups is 1. The lowest BCUT2D eigenvalue weighted by molar-refractivity contribution is -0.137. The van der Waals surface area contributed by atoms with E-state index in [1.807, 2.05) is 12.1 Å². The molecule has 2 heterocycles. The first-order valence-corrected chi connectivity index (χ1v) is 8.61. The number of nitrogens with one attached hydrogen (secondary N) is 2. The summed E-state index contributed by atoms with van der Waals surface area (Å²) in [5.41, 5.74) is 0.139. The zero-order valence-electron chi connectivity index (χ0n) is 13.7. The van der Waals surface area contributed by atoms with Gasteiger partial charge in [0.15, 0.2) is 0 Å². The third kappa shape index (κ3) is 3.93. The van der Waals surface area contributed by atoms with Crippen molar-refractivity contribution in [3.05, 3.63) is 34.9 Å². The van der Waals surface area contributed by atoms with Gasteiger partial charge < -0.3 is 15.4 Å². The Morgan fingerprint density at radius 1 is 1.24 bits per heavy atom. The van der Waals surface area contributed by atoms with E-state index in [4.69, 9.17) is 16.3 Å². The van der Waals surface area contributed by atoms with Crippen LogP contribution in [-0.4, -0.2) is 54.6 Å². The van der Waals surface area contributed by atoms with Crippen molar-refractivity contribution in [2.24, 2.45) is 0 Å². The molecule has 2 N–H and O–H groups in total. The van der Waals surface area contributed by atoms with Gasteiger partial charge in [-0.2, -0.15) is 0 Å². The first-order chi connectivity index (χ1) is 12.0. The molecule has 0 atom stereocenters. The van der Waals surface area contributed by atoms with E-state index in [1.54, 1.807) is 12.1 Å². The van der Waals surface area contributed by atoms with E-state index in [0.717, 1.165) is 10.5 Å². The van der Waals surface area contributed by atoms with Crippen molar-refractivity contribution < 1.29 is 19.1 Å². The first kappa shape index (κ1) is 17.7. The molecule has 3 rings (SSSR count). The van der Waals surface area contributed by atoms with Crippen LogP contribution < -0.4 is 10.6 Å². The molecule has 0 bridgehead atoms. The van der Waals surface area contributed by atoms with Gasteiger partial charge in [-0.05, 0) is 24.1 Å². The van der Waals surface area contributed by atoms with E-state index in [-0.39, 0.29) is 18.4 Å². The van der Waals surface area contributed by atoms with E-state index in [2.05, 4.69) is 10.6 Å². The Kier molecular flexibility index (Phi) is 5.24. The van der Waals surface area contributed by atoms with Crippen LogP contribution in [0.1, 0.15) is 18.4 Å². The average Bonchev–Trinajstić information content (AvgIpc) is 2.81. The van der Waals surface area contributed by atoms with Crippen molar-refractivity contribution in [3.63, 3.8) is 0 Å². The molecular formula is C17H20ClN3O4. The van der Waals surface area contributed by atoms with Crippen LogP contribution in [0.4, 0.5) is 4.79 Å². The standard InChI is InChI=1S/C17H20ClN3O4/c18-13-3-1-12(2-4-13)5-8-19-14(22)11-21-15(23)17(20-16(21)24)6-9-25-10-7-17/h1-4H,5-11H2,(H,19,22)(H,20,24). The number of carbonyl (C=O) groups excluding carboxylic acids is 3. The van der Waals surface area contributed by atoms with E-state index < -0.39 is 11.6 Å². The van der Waals surface area contributed by atoms with Gasteiger partial charge in [-0.1, -0.05) is 23.7 Å². The molecule has 7 nitrogen and oxygen atoms in total. The van der Waals surface area contributed by atoms with Crippen molar-refractivity contribution >= 4 is 29.4 Å². The van der Waals surface area contributed by atoms with Crippen LogP contribution in [0.25, 0.3) is 0 Å². The molecule has 2 saturated heterocycles. The number of hydrogen-bond donors (Lipinski definition) is 2. The maximum absolute atomic E-state index is 12.5. The van der Waals surface area contributed by atoms with Crippen LogP contribution in [0.2, 0.25) is 5.02 Å². The molecule has 2 fully saturated rings. The molecule has 4 amide bonds. The van der Waals surface area contributed by atoms with Gasteiger partial charge in [0.25, 0.3) is 5.91 Å². The highest BCUT2D eigenvalue weighted by molar-refractivity contribution is 6.30. The number of hydrogen-bond acceptors (Lipinski definition) is 4. The topological polar surface area (TPSA) is 87.7 Å². The molecule has 8 heteroatoms. The summed E-state index contributed by atoms with van der Waals surface area (Å²) in [4.78, 5) is 37.7. The second-order valence-electron chi connectivity index (χ2n) is 6.24. The minimum Gasteiger partial charge on any atom is -0.381 e. The molecule has 1 spiro atoms. The van der Waals surface area contributed by atoms with Gasteiger partial charge in [0.05, 0.1) is 0 Å². The smallest absolute Gasteiger partial charge is 0.325 e. The van der Waals surface area contributed by atoms with Gasteiger partial charge >= 0.3 is 6.03 Å². The highest BCUT2D eigenvalue weighted by Gasteiger charge is 2.52. The lowest BCUT2D eigenvalue weighted by atomic mass is 9.90. The molecule has 0 aliphatic carbocycles. The number of amides is 4. The van der Waals surface area contributed by atoms with Crippen molar-refractivity contribution in [2.75, 3.05) is 26.3 Å². The van der Waals surface area contributed by atoms with Crippen molar-refractivity contribution in [1.29, 1.82) is 0 Å². The molecule has 1 aromatic carbocycles. The Morgan fingerprint density at radius 3 is 2.60 bits per heavy atom. The minimum atomic E-state index is -0.904. The first-order valence-electron chi connectivity index (χ1n) is 8.23. The van der Waals surface area contributed by atoms with E-state index in [1.165, 1.54) is 0 Å². The number of urea groups is 1. The van der Waals surface area contributed by atoms with Crippen LogP contribution in [-0.2, 0) is 20.7 Å². The van der Waals surface area contributed by atoms with E-state index in [0.29, 0.717) is 44.0 Å². The summed E-state index contributed by atoms with van der Waals surface area (Å²) in [5.74, 6) is -0.699. The maximum atomic E-state index is 12.5. The Balaban J connectivity index is 1.49. The third-order valence-corrected chi connectivity index (χ3v) is 4.80. The van der Waals surface area contributed by atoms with Gasteiger partial charge in [0.2, 0.25) is 5.91 Å². The predicted molar refractivity (Wildman–Crippen MR) is 91.2 cm³/mol. The largest absolute Gasteiger partial charge is 0.381 e. The van der Waals surface area contributed by atoms with Crippen LogP contribution in [0, 0.1) is 0 Å². The maximum Gasteiger partial charge on any atom is 0.325 e. The molecule has 25 heavy (non-hydrogen) atoms.